The van der Waals surface area contributed by atoms with E-state index in [1.165, 1.54) is 0 Å². The topological polar surface area (TPSA) is 89.9 Å². The quantitative estimate of drug-likeness (QED) is 0.680. The SMILES string of the molecule is O=C(O)C1CC(O)CN1C(=O)NC1(C(F)(F)F)CC1. The number of amides is 2. The Balaban J connectivity index is 2.06. The molecule has 1 aliphatic heterocycles. The highest BCUT2D eigenvalue weighted by molar-refractivity contribution is 5.84. The van der Waals surface area contributed by atoms with Crippen LogP contribution in [0.4, 0.5) is 18.0 Å². The van der Waals surface area contributed by atoms with Crippen LogP contribution in [0.25, 0.3) is 0 Å². The molecule has 3 N–H and O–H groups in total. The second kappa shape index (κ2) is 4.26. The number of aliphatic hydroxyl groups is 1. The molecule has 1 saturated heterocycles. The van der Waals surface area contributed by atoms with Gasteiger partial charge in [0.1, 0.15) is 11.6 Å². The van der Waals surface area contributed by atoms with Crippen molar-refractivity contribution in [3.05, 3.63) is 0 Å². The van der Waals surface area contributed by atoms with Crippen molar-refractivity contribution in [1.82, 2.24) is 10.2 Å². The van der Waals surface area contributed by atoms with E-state index in [0.717, 1.165) is 4.90 Å². The predicted octanol–water partition coefficient (Wildman–Crippen LogP) is 0.311. The van der Waals surface area contributed by atoms with Crippen LogP contribution >= 0.6 is 0 Å². The lowest BCUT2D eigenvalue weighted by Gasteiger charge is -2.26. The van der Waals surface area contributed by atoms with Gasteiger partial charge in [-0.05, 0) is 12.8 Å². The van der Waals surface area contributed by atoms with Crippen molar-refractivity contribution < 1.29 is 33.0 Å². The average molecular weight is 282 g/mol. The minimum absolute atomic E-state index is 0.179. The standard InChI is InChI=1S/C10H13F3N2O4/c11-10(12,13)9(1-2-9)14-8(19)15-4-5(16)3-6(15)7(17)18/h5-6,16H,1-4H2,(H,14,19)(H,17,18). The Hall–Kier alpha value is -1.51. The molecule has 6 nitrogen and oxygen atoms in total. The number of nitrogens with one attached hydrogen (secondary N) is 1. The molecule has 0 aromatic carbocycles. The Morgan fingerprint density at radius 3 is 2.32 bits per heavy atom. The number of rotatable bonds is 2. The third-order valence-corrected chi connectivity index (χ3v) is 3.46. The Bertz CT molecular complexity index is 408. The van der Waals surface area contributed by atoms with Crippen molar-refractivity contribution >= 4 is 12.0 Å². The van der Waals surface area contributed by atoms with Crippen LogP contribution in [0, 0.1) is 0 Å². The van der Waals surface area contributed by atoms with Gasteiger partial charge in [-0.15, -0.1) is 0 Å². The normalized spacial score (nSPS) is 29.2. The first-order chi connectivity index (χ1) is 8.66. The number of carbonyl (C=O) groups is 2. The first-order valence-corrected chi connectivity index (χ1v) is 5.73. The van der Waals surface area contributed by atoms with Gasteiger partial charge in [0.25, 0.3) is 0 Å². The highest BCUT2D eigenvalue weighted by Crippen LogP contribution is 2.49. The van der Waals surface area contributed by atoms with Crippen LogP contribution in [0.2, 0.25) is 0 Å². The van der Waals surface area contributed by atoms with Gasteiger partial charge in [0, 0.05) is 13.0 Å². The number of hydrogen-bond donors (Lipinski definition) is 3. The van der Waals surface area contributed by atoms with Crippen LogP contribution in [0.3, 0.4) is 0 Å². The second-order valence-corrected chi connectivity index (χ2v) is 4.91. The van der Waals surface area contributed by atoms with E-state index in [1.54, 1.807) is 0 Å². The van der Waals surface area contributed by atoms with Crippen LogP contribution in [-0.4, -0.2) is 57.5 Å². The molecule has 2 unspecified atom stereocenters. The van der Waals surface area contributed by atoms with E-state index in [2.05, 4.69) is 0 Å². The summed E-state index contributed by atoms with van der Waals surface area (Å²) in [5, 5.41) is 20.0. The molecule has 0 aromatic rings. The molecule has 1 saturated carbocycles. The number of carbonyl (C=O) groups excluding carboxylic acids is 1. The van der Waals surface area contributed by atoms with Crippen molar-refractivity contribution in [1.29, 1.82) is 0 Å². The molecule has 2 amide bonds. The number of hydrogen-bond acceptors (Lipinski definition) is 3. The summed E-state index contributed by atoms with van der Waals surface area (Å²) in [6.07, 6.45) is -6.19. The summed E-state index contributed by atoms with van der Waals surface area (Å²) in [6, 6.07) is -2.39. The highest BCUT2D eigenvalue weighted by Gasteiger charge is 2.65. The van der Waals surface area contributed by atoms with Gasteiger partial charge in [-0.2, -0.15) is 13.2 Å². The van der Waals surface area contributed by atoms with Crippen LogP contribution in [0.15, 0.2) is 0 Å². The number of nitrogens with zero attached hydrogens (tertiary/aromatic N) is 1. The minimum Gasteiger partial charge on any atom is -0.480 e. The molecule has 0 bridgehead atoms. The monoisotopic (exact) mass is 282 g/mol. The Morgan fingerprint density at radius 1 is 1.32 bits per heavy atom. The number of halogens is 3. The molecule has 19 heavy (non-hydrogen) atoms. The molecule has 0 aromatic heterocycles. The van der Waals surface area contributed by atoms with E-state index in [4.69, 9.17) is 5.11 Å². The van der Waals surface area contributed by atoms with Gasteiger partial charge >= 0.3 is 18.2 Å². The first-order valence-electron chi connectivity index (χ1n) is 5.73. The zero-order chi connectivity index (χ0) is 14.4. The maximum Gasteiger partial charge on any atom is 0.411 e. The molecule has 9 heteroatoms. The Kier molecular flexibility index (Phi) is 3.12. The third-order valence-electron chi connectivity index (χ3n) is 3.46. The zero-order valence-corrected chi connectivity index (χ0v) is 9.78. The largest absolute Gasteiger partial charge is 0.480 e. The molecule has 0 spiro atoms. The van der Waals surface area contributed by atoms with Gasteiger partial charge in [0.15, 0.2) is 0 Å². The molecule has 1 heterocycles. The van der Waals surface area contributed by atoms with Crippen molar-refractivity contribution in [2.24, 2.45) is 0 Å². The number of aliphatic carboxylic acids is 1. The summed E-state index contributed by atoms with van der Waals surface area (Å²) in [6.45, 7) is -0.281. The smallest absolute Gasteiger partial charge is 0.411 e. The average Bonchev–Trinajstić information content (AvgIpc) is 2.93. The molecule has 2 atom stereocenters. The molecular weight excluding hydrogens is 269 g/mol. The van der Waals surface area contributed by atoms with Crippen LogP contribution in [0.5, 0.6) is 0 Å². The molecule has 2 rings (SSSR count). The van der Waals surface area contributed by atoms with Crippen LogP contribution < -0.4 is 5.32 Å². The van der Waals surface area contributed by atoms with E-state index < -0.39 is 35.9 Å². The van der Waals surface area contributed by atoms with Gasteiger partial charge in [-0.25, -0.2) is 9.59 Å². The number of alkyl halides is 3. The summed E-state index contributed by atoms with van der Waals surface area (Å²) in [5.74, 6) is -1.34. The minimum atomic E-state index is -4.56. The number of β-amino-alcohol motifs (C(OH)–C–C–N with tert-alkyl or cyclic N) is 1. The second-order valence-electron chi connectivity index (χ2n) is 4.91. The fourth-order valence-corrected chi connectivity index (χ4v) is 2.15. The van der Waals surface area contributed by atoms with Gasteiger partial charge in [-0.3, -0.25) is 0 Å². The molecule has 2 fully saturated rings. The van der Waals surface area contributed by atoms with Crippen molar-refractivity contribution in [2.75, 3.05) is 6.54 Å². The van der Waals surface area contributed by atoms with Crippen LogP contribution in [0.1, 0.15) is 19.3 Å². The van der Waals surface area contributed by atoms with E-state index in [1.807, 2.05) is 5.32 Å². The molecule has 108 valence electrons. The van der Waals surface area contributed by atoms with Gasteiger partial charge in [0.2, 0.25) is 0 Å². The maximum absolute atomic E-state index is 12.7. The van der Waals surface area contributed by atoms with Gasteiger partial charge in [-0.1, -0.05) is 0 Å². The number of carboxylic acid groups (broad SMARTS) is 1. The first kappa shape index (κ1) is 13.9. The Morgan fingerprint density at radius 2 is 1.89 bits per heavy atom. The van der Waals surface area contributed by atoms with E-state index >= 15 is 0 Å². The van der Waals surface area contributed by atoms with E-state index in [9.17, 15) is 27.9 Å². The van der Waals surface area contributed by atoms with Gasteiger partial charge in [0.05, 0.1) is 6.10 Å². The number of aliphatic hydroxyl groups excluding tert-OH is 1. The third kappa shape index (κ3) is 2.46. The summed E-state index contributed by atoms with van der Waals surface area (Å²) in [5.41, 5.74) is -2.24. The van der Waals surface area contributed by atoms with Crippen molar-refractivity contribution in [3.8, 4) is 0 Å². The predicted molar refractivity (Wildman–Crippen MR) is 55.3 cm³/mol. The summed E-state index contributed by atoms with van der Waals surface area (Å²) < 4.78 is 38.0. The lowest BCUT2D eigenvalue weighted by molar-refractivity contribution is -0.163. The van der Waals surface area contributed by atoms with Crippen molar-refractivity contribution in [2.45, 2.75) is 43.1 Å². The summed E-state index contributed by atoms with van der Waals surface area (Å²) in [4.78, 5) is 23.4. The zero-order valence-electron chi connectivity index (χ0n) is 9.78. The fourth-order valence-electron chi connectivity index (χ4n) is 2.15. The van der Waals surface area contributed by atoms with E-state index in [0.29, 0.717) is 0 Å². The lowest BCUT2D eigenvalue weighted by Crippen LogP contribution is -2.54. The number of likely N-dealkylation sites (tertiary alicyclic amines) is 1. The summed E-state index contributed by atoms with van der Waals surface area (Å²) in [7, 11) is 0. The summed E-state index contributed by atoms with van der Waals surface area (Å²) >= 11 is 0. The lowest BCUT2D eigenvalue weighted by atomic mass is 10.2. The molecular formula is C10H13F3N2O4. The highest BCUT2D eigenvalue weighted by atomic mass is 19.4. The van der Waals surface area contributed by atoms with Crippen molar-refractivity contribution in [3.63, 3.8) is 0 Å². The Labute approximate surface area is 106 Å². The number of carboxylic acids is 1. The van der Waals surface area contributed by atoms with E-state index in [-0.39, 0.29) is 25.8 Å². The molecule has 0 radical (unpaired) electrons. The maximum atomic E-state index is 12.7. The van der Waals surface area contributed by atoms with Gasteiger partial charge < -0.3 is 20.4 Å². The molecule has 2 aliphatic rings. The molecule has 1 aliphatic carbocycles. The number of urea groups is 1. The van der Waals surface area contributed by atoms with Crippen LogP contribution in [-0.2, 0) is 4.79 Å². The fraction of sp³-hybridized carbons (Fsp3) is 0.800.